The van der Waals surface area contributed by atoms with Crippen LogP contribution in [0.4, 0.5) is 0 Å². The third-order valence-corrected chi connectivity index (χ3v) is 4.74. The van der Waals surface area contributed by atoms with E-state index in [0.29, 0.717) is 26.3 Å². The van der Waals surface area contributed by atoms with Gasteiger partial charge in [-0.15, -0.1) is 0 Å². The average molecular weight is 320 g/mol. The highest BCUT2D eigenvalue weighted by molar-refractivity contribution is 5.97. The second-order valence-corrected chi connectivity index (χ2v) is 7.72. The van der Waals surface area contributed by atoms with E-state index >= 15 is 0 Å². The molecule has 0 aromatic rings. The number of nitriles is 1. The molecule has 23 heavy (non-hydrogen) atoms. The first-order valence-corrected chi connectivity index (χ1v) is 8.21. The Morgan fingerprint density at radius 1 is 1.22 bits per heavy atom. The summed E-state index contributed by atoms with van der Waals surface area (Å²) in [6.07, 6.45) is 3.40. The maximum atomic E-state index is 12.6. The van der Waals surface area contributed by atoms with Gasteiger partial charge in [0.1, 0.15) is 11.6 Å². The van der Waals surface area contributed by atoms with Gasteiger partial charge >= 0.3 is 0 Å². The maximum absolute atomic E-state index is 12.6. The van der Waals surface area contributed by atoms with Gasteiger partial charge in [-0.3, -0.25) is 4.79 Å². The summed E-state index contributed by atoms with van der Waals surface area (Å²) in [6, 6.07) is 2.22. The molecule has 1 amide bonds. The summed E-state index contributed by atoms with van der Waals surface area (Å²) < 4.78 is 5.27. The van der Waals surface area contributed by atoms with Crippen LogP contribution in [0, 0.1) is 11.3 Å². The highest BCUT2D eigenvalue weighted by Crippen LogP contribution is 2.38. The Bertz CT molecular complexity index is 509. The number of rotatable bonds is 2. The summed E-state index contributed by atoms with van der Waals surface area (Å²) >= 11 is 0. The zero-order valence-corrected chi connectivity index (χ0v) is 14.6. The normalized spacial score (nSPS) is 25.1. The lowest BCUT2D eigenvalue weighted by atomic mass is 9.77. The molecule has 2 rings (SSSR count). The Morgan fingerprint density at radius 3 is 2.22 bits per heavy atom. The summed E-state index contributed by atoms with van der Waals surface area (Å²) in [5.41, 5.74) is 5.97. The zero-order valence-electron chi connectivity index (χ0n) is 14.6. The van der Waals surface area contributed by atoms with E-state index in [4.69, 9.17) is 10.5 Å². The molecule has 0 aromatic carbocycles. The first-order chi connectivity index (χ1) is 10.7. The van der Waals surface area contributed by atoms with Gasteiger partial charge in [0.05, 0.1) is 13.2 Å². The lowest BCUT2D eigenvalue weighted by molar-refractivity contribution is -0.130. The fraction of sp³-hybridized carbons (Fsp3) is 0.765. The Balaban J connectivity index is 2.28. The summed E-state index contributed by atoms with van der Waals surface area (Å²) in [6.45, 7) is 10.6. The van der Waals surface area contributed by atoms with Crippen molar-refractivity contribution in [3.8, 4) is 6.07 Å². The first-order valence-electron chi connectivity index (χ1n) is 8.21. The van der Waals surface area contributed by atoms with Crippen molar-refractivity contribution in [2.45, 2.75) is 57.7 Å². The Hall–Kier alpha value is -1.58. The fourth-order valence-electron chi connectivity index (χ4n) is 3.92. The van der Waals surface area contributed by atoms with Crippen LogP contribution < -0.4 is 5.73 Å². The molecule has 0 radical (unpaired) electrons. The summed E-state index contributed by atoms with van der Waals surface area (Å²) in [4.78, 5) is 16.4. The third kappa shape index (κ3) is 3.85. The number of piperidine rings is 1. The van der Waals surface area contributed by atoms with Crippen LogP contribution in [-0.4, -0.2) is 59.1 Å². The van der Waals surface area contributed by atoms with Crippen LogP contribution in [0.5, 0.6) is 0 Å². The highest BCUT2D eigenvalue weighted by atomic mass is 16.5. The molecule has 2 aliphatic heterocycles. The minimum atomic E-state index is -0.211. The monoisotopic (exact) mass is 320 g/mol. The van der Waals surface area contributed by atoms with Crippen molar-refractivity contribution in [3.05, 3.63) is 11.8 Å². The smallest absolute Gasteiger partial charge is 0.266 e. The maximum Gasteiger partial charge on any atom is 0.266 e. The van der Waals surface area contributed by atoms with Crippen molar-refractivity contribution in [3.63, 3.8) is 0 Å². The lowest BCUT2D eigenvalue weighted by Crippen LogP contribution is -2.61. The number of amides is 1. The quantitative estimate of drug-likeness (QED) is 0.611. The van der Waals surface area contributed by atoms with Crippen molar-refractivity contribution in [2.75, 3.05) is 26.3 Å². The minimum absolute atomic E-state index is 0.130. The molecule has 0 aromatic heterocycles. The number of ether oxygens (including phenoxy) is 1. The molecule has 6 heteroatoms. The standard InChI is InChI=1S/C17H28N4O2/c1-16(2)9-14(19)10-17(3,4)21(16)12-13(11-18)15(22)20-5-7-23-8-6-20/h12,14H,5-10,19H2,1-4H3/b13-12-. The van der Waals surface area contributed by atoms with Crippen molar-refractivity contribution in [2.24, 2.45) is 5.73 Å². The predicted molar refractivity (Wildman–Crippen MR) is 88.3 cm³/mol. The van der Waals surface area contributed by atoms with Gasteiger partial charge in [0.2, 0.25) is 0 Å². The predicted octanol–water partition coefficient (Wildman–Crippen LogP) is 1.23. The number of likely N-dealkylation sites (tertiary alicyclic amines) is 1. The number of carbonyl (C=O) groups excluding carboxylic acids is 1. The molecule has 0 saturated carbocycles. The molecule has 0 aliphatic carbocycles. The van der Waals surface area contributed by atoms with E-state index in [2.05, 4.69) is 38.7 Å². The van der Waals surface area contributed by atoms with Crippen LogP contribution in [0.1, 0.15) is 40.5 Å². The van der Waals surface area contributed by atoms with E-state index in [0.717, 1.165) is 12.8 Å². The van der Waals surface area contributed by atoms with Crippen LogP contribution in [0.3, 0.4) is 0 Å². The van der Waals surface area contributed by atoms with Crippen molar-refractivity contribution in [1.29, 1.82) is 5.26 Å². The average Bonchev–Trinajstić information content (AvgIpc) is 2.45. The van der Waals surface area contributed by atoms with E-state index in [-0.39, 0.29) is 28.6 Å². The van der Waals surface area contributed by atoms with Crippen LogP contribution >= 0.6 is 0 Å². The minimum Gasteiger partial charge on any atom is -0.378 e. The number of hydrogen-bond donors (Lipinski definition) is 1. The van der Waals surface area contributed by atoms with Gasteiger partial charge < -0.3 is 20.3 Å². The number of morpholine rings is 1. The second kappa shape index (κ2) is 6.50. The summed E-state index contributed by atoms with van der Waals surface area (Å²) in [5.74, 6) is -0.211. The van der Waals surface area contributed by atoms with Gasteiger partial charge in [0, 0.05) is 36.4 Å². The van der Waals surface area contributed by atoms with Gasteiger partial charge in [0.15, 0.2) is 0 Å². The van der Waals surface area contributed by atoms with Crippen LogP contribution in [0.2, 0.25) is 0 Å². The highest BCUT2D eigenvalue weighted by Gasteiger charge is 2.43. The molecule has 2 heterocycles. The zero-order chi connectivity index (χ0) is 17.3. The molecular weight excluding hydrogens is 292 g/mol. The van der Waals surface area contributed by atoms with Crippen LogP contribution in [-0.2, 0) is 9.53 Å². The Kier molecular flexibility index (Phi) is 5.02. The van der Waals surface area contributed by atoms with Crippen LogP contribution in [0.25, 0.3) is 0 Å². The Morgan fingerprint density at radius 2 is 1.74 bits per heavy atom. The largest absolute Gasteiger partial charge is 0.378 e. The van der Waals surface area contributed by atoms with Crippen LogP contribution in [0.15, 0.2) is 11.8 Å². The number of carbonyl (C=O) groups is 1. The van der Waals surface area contributed by atoms with Crippen molar-refractivity contribution >= 4 is 5.91 Å². The molecule has 6 nitrogen and oxygen atoms in total. The molecule has 0 spiro atoms. The number of nitrogens with zero attached hydrogens (tertiary/aromatic N) is 3. The van der Waals surface area contributed by atoms with Gasteiger partial charge in [-0.1, -0.05) is 0 Å². The molecule has 0 bridgehead atoms. The number of nitrogens with two attached hydrogens (primary N) is 1. The molecule has 2 aliphatic rings. The second-order valence-electron chi connectivity index (χ2n) is 7.72. The van der Waals surface area contributed by atoms with E-state index in [9.17, 15) is 10.1 Å². The molecule has 128 valence electrons. The topological polar surface area (TPSA) is 82.6 Å². The Labute approximate surface area is 138 Å². The third-order valence-electron chi connectivity index (χ3n) is 4.74. The van der Waals surface area contributed by atoms with Crippen molar-refractivity contribution < 1.29 is 9.53 Å². The van der Waals surface area contributed by atoms with Gasteiger partial charge in [-0.2, -0.15) is 5.26 Å². The molecule has 2 fully saturated rings. The lowest BCUT2D eigenvalue weighted by Gasteiger charge is -2.54. The van der Waals surface area contributed by atoms with E-state index in [1.165, 1.54) is 0 Å². The molecule has 2 saturated heterocycles. The summed E-state index contributed by atoms with van der Waals surface area (Å²) in [7, 11) is 0. The SMILES string of the molecule is CC1(C)CC(N)CC(C)(C)N1/C=C(/C#N)C(=O)N1CCOCC1. The number of hydrogen-bond acceptors (Lipinski definition) is 5. The fourth-order valence-corrected chi connectivity index (χ4v) is 3.92. The molecule has 0 unspecified atom stereocenters. The van der Waals surface area contributed by atoms with Gasteiger partial charge in [-0.05, 0) is 40.5 Å². The summed E-state index contributed by atoms with van der Waals surface area (Å²) in [5, 5.41) is 9.50. The van der Waals surface area contributed by atoms with Crippen molar-refractivity contribution in [1.82, 2.24) is 9.80 Å². The van der Waals surface area contributed by atoms with Gasteiger partial charge in [-0.25, -0.2) is 0 Å². The molecular formula is C17H28N4O2. The first kappa shape index (κ1) is 17.8. The van der Waals surface area contributed by atoms with E-state index < -0.39 is 0 Å². The van der Waals surface area contributed by atoms with Gasteiger partial charge in [0.25, 0.3) is 5.91 Å². The molecule has 2 N–H and O–H groups in total. The van der Waals surface area contributed by atoms with E-state index in [1.54, 1.807) is 11.1 Å². The molecule has 0 atom stereocenters. The van der Waals surface area contributed by atoms with E-state index in [1.807, 2.05) is 0 Å².